The highest BCUT2D eigenvalue weighted by Gasteiger charge is 2.29. The van der Waals surface area contributed by atoms with E-state index in [4.69, 9.17) is 4.74 Å². The predicted octanol–water partition coefficient (Wildman–Crippen LogP) is 0.827. The molecule has 1 heterocycles. The fraction of sp³-hybridized carbons (Fsp3) is 0.909. The maximum Gasteiger partial charge on any atom is 0.237 e. The van der Waals surface area contributed by atoms with Gasteiger partial charge in [-0.25, -0.2) is 0 Å². The molecular weight excluding hydrogens is 192 g/mol. The number of carbonyl (C=O) groups is 1. The monoisotopic (exact) mass is 214 g/mol. The van der Waals surface area contributed by atoms with Crippen LogP contribution in [0.15, 0.2) is 0 Å². The molecule has 15 heavy (non-hydrogen) atoms. The Bertz CT molecular complexity index is 207. The van der Waals surface area contributed by atoms with Gasteiger partial charge in [-0.15, -0.1) is 0 Å². The molecule has 0 aliphatic carbocycles. The van der Waals surface area contributed by atoms with Crippen molar-refractivity contribution in [1.29, 1.82) is 0 Å². The first-order valence-electron chi connectivity index (χ1n) is 5.75. The second kappa shape index (κ2) is 6.08. The Hall–Kier alpha value is -0.610. The second-order valence-corrected chi connectivity index (χ2v) is 4.31. The van der Waals surface area contributed by atoms with Gasteiger partial charge in [0.15, 0.2) is 0 Å². The van der Waals surface area contributed by atoms with E-state index in [0.29, 0.717) is 32.2 Å². The van der Waals surface area contributed by atoms with E-state index in [1.54, 1.807) is 0 Å². The summed E-state index contributed by atoms with van der Waals surface area (Å²) in [7, 11) is 0. The van der Waals surface area contributed by atoms with Gasteiger partial charge in [0.2, 0.25) is 5.91 Å². The Labute approximate surface area is 92.0 Å². The van der Waals surface area contributed by atoms with Crippen molar-refractivity contribution in [3.63, 3.8) is 0 Å². The zero-order chi connectivity index (χ0) is 11.3. The van der Waals surface area contributed by atoms with Gasteiger partial charge in [0.1, 0.15) is 0 Å². The van der Waals surface area contributed by atoms with Crippen LogP contribution in [0.2, 0.25) is 0 Å². The lowest BCUT2D eigenvalue weighted by Crippen LogP contribution is -2.40. The standard InChI is InChI=1S/C11H22N2O2/c1-4-15-6-5-13-10(7-9(2)3)12-8-11(13)14/h9-10,12H,4-8H2,1-3H3. The Morgan fingerprint density at radius 2 is 2.33 bits per heavy atom. The molecule has 88 valence electrons. The molecule has 1 aliphatic heterocycles. The molecule has 1 atom stereocenters. The van der Waals surface area contributed by atoms with Gasteiger partial charge in [0.25, 0.3) is 0 Å². The molecule has 0 aromatic heterocycles. The van der Waals surface area contributed by atoms with Gasteiger partial charge in [-0.05, 0) is 19.3 Å². The van der Waals surface area contributed by atoms with E-state index in [2.05, 4.69) is 19.2 Å². The lowest BCUT2D eigenvalue weighted by atomic mass is 10.1. The zero-order valence-corrected chi connectivity index (χ0v) is 9.95. The third-order valence-corrected chi connectivity index (χ3v) is 2.56. The summed E-state index contributed by atoms with van der Waals surface area (Å²) in [6.07, 6.45) is 1.22. The van der Waals surface area contributed by atoms with Gasteiger partial charge in [-0.2, -0.15) is 0 Å². The minimum atomic E-state index is 0.195. The van der Waals surface area contributed by atoms with Gasteiger partial charge >= 0.3 is 0 Å². The predicted molar refractivity (Wildman–Crippen MR) is 59.5 cm³/mol. The van der Waals surface area contributed by atoms with Crippen molar-refractivity contribution in [3.8, 4) is 0 Å². The van der Waals surface area contributed by atoms with Crippen LogP contribution >= 0.6 is 0 Å². The Balaban J connectivity index is 2.38. The molecule has 1 saturated heterocycles. The van der Waals surface area contributed by atoms with Crippen molar-refractivity contribution < 1.29 is 9.53 Å². The van der Waals surface area contributed by atoms with Crippen LogP contribution < -0.4 is 5.32 Å². The highest BCUT2D eigenvalue weighted by Crippen LogP contribution is 2.13. The molecule has 4 nitrogen and oxygen atoms in total. The number of amides is 1. The summed E-state index contributed by atoms with van der Waals surface area (Å²) in [5, 5.41) is 3.24. The Morgan fingerprint density at radius 1 is 1.60 bits per heavy atom. The fourth-order valence-corrected chi connectivity index (χ4v) is 1.84. The molecule has 1 unspecified atom stereocenters. The first-order valence-corrected chi connectivity index (χ1v) is 5.75. The zero-order valence-electron chi connectivity index (χ0n) is 9.95. The quantitative estimate of drug-likeness (QED) is 0.666. The molecule has 1 N–H and O–H groups in total. The van der Waals surface area contributed by atoms with Crippen LogP contribution in [0.4, 0.5) is 0 Å². The van der Waals surface area contributed by atoms with Gasteiger partial charge < -0.3 is 9.64 Å². The first kappa shape index (κ1) is 12.5. The molecule has 0 bridgehead atoms. The van der Waals surface area contributed by atoms with Crippen LogP contribution in [-0.4, -0.2) is 43.3 Å². The SMILES string of the molecule is CCOCCN1C(=O)CNC1CC(C)C. The molecule has 1 fully saturated rings. The van der Waals surface area contributed by atoms with Crippen LogP contribution in [0.5, 0.6) is 0 Å². The summed E-state index contributed by atoms with van der Waals surface area (Å²) in [5.41, 5.74) is 0. The van der Waals surface area contributed by atoms with E-state index >= 15 is 0 Å². The molecule has 0 radical (unpaired) electrons. The Kier molecular flexibility index (Phi) is 5.05. The second-order valence-electron chi connectivity index (χ2n) is 4.31. The molecular formula is C11H22N2O2. The fourth-order valence-electron chi connectivity index (χ4n) is 1.84. The number of rotatable bonds is 6. The number of nitrogens with zero attached hydrogens (tertiary/aromatic N) is 1. The lowest BCUT2D eigenvalue weighted by Gasteiger charge is -2.25. The first-order chi connectivity index (χ1) is 7.15. The van der Waals surface area contributed by atoms with Crippen LogP contribution in [0.25, 0.3) is 0 Å². The number of hydrogen-bond donors (Lipinski definition) is 1. The van der Waals surface area contributed by atoms with E-state index < -0.39 is 0 Å². The molecule has 0 aromatic rings. The smallest absolute Gasteiger partial charge is 0.237 e. The third-order valence-electron chi connectivity index (χ3n) is 2.56. The van der Waals surface area contributed by atoms with Crippen molar-refractivity contribution in [2.75, 3.05) is 26.3 Å². The highest BCUT2D eigenvalue weighted by atomic mass is 16.5. The van der Waals surface area contributed by atoms with Gasteiger partial charge in [0.05, 0.1) is 19.3 Å². The molecule has 0 aromatic carbocycles. The number of carbonyl (C=O) groups excluding carboxylic acids is 1. The van der Waals surface area contributed by atoms with Gasteiger partial charge in [-0.1, -0.05) is 13.8 Å². The molecule has 1 rings (SSSR count). The van der Waals surface area contributed by atoms with Crippen molar-refractivity contribution in [2.24, 2.45) is 5.92 Å². The largest absolute Gasteiger partial charge is 0.380 e. The van der Waals surface area contributed by atoms with Crippen molar-refractivity contribution in [1.82, 2.24) is 10.2 Å². The lowest BCUT2D eigenvalue weighted by molar-refractivity contribution is -0.128. The third kappa shape index (κ3) is 3.80. The average Bonchev–Trinajstić information content (AvgIpc) is 2.49. The topological polar surface area (TPSA) is 41.6 Å². The Morgan fingerprint density at radius 3 is 2.93 bits per heavy atom. The van der Waals surface area contributed by atoms with E-state index in [1.165, 1.54) is 0 Å². The van der Waals surface area contributed by atoms with Crippen molar-refractivity contribution >= 4 is 5.91 Å². The average molecular weight is 214 g/mol. The molecule has 1 amide bonds. The summed E-state index contributed by atoms with van der Waals surface area (Å²) in [5.74, 6) is 0.795. The minimum Gasteiger partial charge on any atom is -0.380 e. The maximum atomic E-state index is 11.6. The number of ether oxygens (including phenoxy) is 1. The summed E-state index contributed by atoms with van der Waals surface area (Å²) in [6, 6.07) is 0. The summed E-state index contributed by atoms with van der Waals surface area (Å²) >= 11 is 0. The van der Waals surface area contributed by atoms with Crippen LogP contribution in [-0.2, 0) is 9.53 Å². The van der Waals surface area contributed by atoms with Crippen LogP contribution in [0, 0.1) is 5.92 Å². The van der Waals surface area contributed by atoms with Crippen LogP contribution in [0.3, 0.4) is 0 Å². The molecule has 1 aliphatic rings. The van der Waals surface area contributed by atoms with Crippen molar-refractivity contribution in [2.45, 2.75) is 33.4 Å². The number of nitrogens with one attached hydrogen (secondary N) is 1. The van der Waals surface area contributed by atoms with Gasteiger partial charge in [-0.3, -0.25) is 10.1 Å². The van der Waals surface area contributed by atoms with Crippen LogP contribution in [0.1, 0.15) is 27.2 Å². The van der Waals surface area contributed by atoms with Gasteiger partial charge in [0, 0.05) is 13.2 Å². The van der Waals surface area contributed by atoms with E-state index in [1.807, 2.05) is 11.8 Å². The van der Waals surface area contributed by atoms with E-state index in [9.17, 15) is 4.79 Å². The van der Waals surface area contributed by atoms with E-state index in [-0.39, 0.29) is 12.1 Å². The molecule has 0 spiro atoms. The minimum absolute atomic E-state index is 0.195. The molecule has 4 heteroatoms. The molecule has 0 saturated carbocycles. The van der Waals surface area contributed by atoms with E-state index in [0.717, 1.165) is 6.42 Å². The summed E-state index contributed by atoms with van der Waals surface area (Å²) < 4.78 is 5.28. The normalized spacial score (nSPS) is 21.7. The summed E-state index contributed by atoms with van der Waals surface area (Å²) in [4.78, 5) is 13.5. The number of hydrogen-bond acceptors (Lipinski definition) is 3. The summed E-state index contributed by atoms with van der Waals surface area (Å²) in [6.45, 7) is 8.84. The maximum absolute atomic E-state index is 11.6. The highest BCUT2D eigenvalue weighted by molar-refractivity contribution is 5.80. The van der Waals surface area contributed by atoms with Crippen molar-refractivity contribution in [3.05, 3.63) is 0 Å².